The highest BCUT2D eigenvalue weighted by Crippen LogP contribution is 2.33. The van der Waals surface area contributed by atoms with E-state index in [9.17, 15) is 36.0 Å². The molecule has 0 saturated heterocycles. The lowest BCUT2D eigenvalue weighted by Gasteiger charge is -2.11. The van der Waals surface area contributed by atoms with Crippen LogP contribution in [0.15, 0.2) is 36.4 Å². The number of carbonyl (C=O) groups excluding carboxylic acids is 4. The highest BCUT2D eigenvalue weighted by molar-refractivity contribution is 7.86. The molecule has 2 aromatic carbocycles. The molecule has 15 heteroatoms. The lowest BCUT2D eigenvalue weighted by Crippen LogP contribution is -2.33. The fourth-order valence-electron chi connectivity index (χ4n) is 3.13. The molecule has 13 nitrogen and oxygen atoms in total. The third-order valence-electron chi connectivity index (χ3n) is 4.96. The van der Waals surface area contributed by atoms with Crippen molar-refractivity contribution in [3.63, 3.8) is 0 Å². The summed E-state index contributed by atoms with van der Waals surface area (Å²) >= 11 is 0. The molecular formula is C20H16N2O11S2. The molecule has 0 spiro atoms. The van der Waals surface area contributed by atoms with Gasteiger partial charge in [-0.15, -0.1) is 18.7 Å². The molecule has 0 bridgehead atoms. The first-order valence-corrected chi connectivity index (χ1v) is 13.1. The van der Waals surface area contributed by atoms with Gasteiger partial charge < -0.3 is 4.74 Å². The van der Waals surface area contributed by atoms with Crippen molar-refractivity contribution >= 4 is 43.9 Å². The van der Waals surface area contributed by atoms with Crippen molar-refractivity contribution in [2.24, 2.45) is 0 Å². The molecule has 2 aromatic rings. The Morgan fingerprint density at radius 3 is 1.29 bits per heavy atom. The summed E-state index contributed by atoms with van der Waals surface area (Å²) in [5, 5.41) is 0.289. The minimum atomic E-state index is -4.14. The predicted octanol–water partition coefficient (Wildman–Crippen LogP) is 1.23. The number of carbonyl (C=O) groups is 4. The second-order valence-corrected chi connectivity index (χ2v) is 10.9. The molecule has 0 radical (unpaired) electrons. The third-order valence-corrected chi connectivity index (χ3v) is 7.13. The number of rotatable bonds is 8. The van der Waals surface area contributed by atoms with Crippen LogP contribution in [0.3, 0.4) is 0 Å². The van der Waals surface area contributed by atoms with Crippen LogP contribution in [-0.4, -0.2) is 62.1 Å². The second kappa shape index (κ2) is 8.53. The van der Waals surface area contributed by atoms with Gasteiger partial charge in [-0.2, -0.15) is 16.8 Å². The highest BCUT2D eigenvalue weighted by atomic mass is 32.2. The highest BCUT2D eigenvalue weighted by Gasteiger charge is 2.41. The van der Waals surface area contributed by atoms with Crippen LogP contribution in [0.25, 0.3) is 0 Å². The van der Waals surface area contributed by atoms with Crippen molar-refractivity contribution in [1.29, 1.82) is 0 Å². The maximum Gasteiger partial charge on any atom is 0.288 e. The van der Waals surface area contributed by atoms with Crippen LogP contribution >= 0.6 is 0 Å². The quantitative estimate of drug-likeness (QED) is 0.455. The Hall–Kier alpha value is -3.66. The SMILES string of the molecule is CCS(=O)(=O)ON1C(=O)c2ccc(Oc3ccc4c(c3)C(=O)N(OS(=O)(=O)CC)C4=O)cc2C1=O. The number of hydroxylamine groups is 4. The lowest BCUT2D eigenvalue weighted by molar-refractivity contribution is -0.0106. The number of benzene rings is 2. The normalized spacial score (nSPS) is 15.6. The minimum Gasteiger partial charge on any atom is -0.457 e. The van der Waals surface area contributed by atoms with Crippen LogP contribution in [0.5, 0.6) is 11.5 Å². The van der Waals surface area contributed by atoms with Crippen molar-refractivity contribution in [2.75, 3.05) is 11.5 Å². The van der Waals surface area contributed by atoms with E-state index in [4.69, 9.17) is 4.74 Å². The summed E-state index contributed by atoms with van der Waals surface area (Å²) in [4.78, 5) is 49.8. The molecule has 0 aliphatic carbocycles. The zero-order valence-electron chi connectivity index (χ0n) is 18.1. The predicted molar refractivity (Wildman–Crippen MR) is 115 cm³/mol. The molecule has 0 fully saturated rings. The number of hydrogen-bond donors (Lipinski definition) is 0. The van der Waals surface area contributed by atoms with E-state index in [0.717, 1.165) is 0 Å². The molecule has 0 atom stereocenters. The Balaban J connectivity index is 1.58. The molecule has 2 aliphatic rings. The van der Waals surface area contributed by atoms with E-state index in [1.165, 1.54) is 50.2 Å². The summed E-state index contributed by atoms with van der Waals surface area (Å²) in [5.74, 6) is -4.76. The Labute approximate surface area is 198 Å². The summed E-state index contributed by atoms with van der Waals surface area (Å²) in [6.07, 6.45) is 0. The van der Waals surface area contributed by atoms with Gasteiger partial charge in [-0.1, -0.05) is 0 Å². The van der Waals surface area contributed by atoms with E-state index in [1.807, 2.05) is 0 Å². The second-order valence-electron chi connectivity index (χ2n) is 7.17. The Morgan fingerprint density at radius 2 is 0.943 bits per heavy atom. The van der Waals surface area contributed by atoms with Gasteiger partial charge in [0, 0.05) is 0 Å². The van der Waals surface area contributed by atoms with Crippen LogP contribution in [0.2, 0.25) is 0 Å². The Kier molecular flexibility index (Phi) is 5.96. The van der Waals surface area contributed by atoms with Crippen molar-refractivity contribution in [3.05, 3.63) is 58.7 Å². The topological polar surface area (TPSA) is 171 Å². The van der Waals surface area contributed by atoms with E-state index in [2.05, 4.69) is 8.57 Å². The summed E-state index contributed by atoms with van der Waals surface area (Å²) in [6.45, 7) is 2.56. The van der Waals surface area contributed by atoms with E-state index in [-0.39, 0.29) is 43.9 Å². The van der Waals surface area contributed by atoms with E-state index in [0.29, 0.717) is 0 Å². The van der Waals surface area contributed by atoms with Gasteiger partial charge >= 0.3 is 0 Å². The summed E-state index contributed by atoms with van der Waals surface area (Å²) in [5.41, 5.74) is -0.548. The Morgan fingerprint density at radius 1 is 0.600 bits per heavy atom. The largest absolute Gasteiger partial charge is 0.457 e. The molecular weight excluding hydrogens is 508 g/mol. The van der Waals surface area contributed by atoms with Gasteiger partial charge in [0.25, 0.3) is 43.9 Å². The molecule has 0 unspecified atom stereocenters. The Bertz CT molecular complexity index is 1400. The monoisotopic (exact) mass is 524 g/mol. The van der Waals surface area contributed by atoms with Crippen LogP contribution in [0, 0.1) is 0 Å². The average Bonchev–Trinajstić information content (AvgIpc) is 3.18. The molecule has 2 aliphatic heterocycles. The van der Waals surface area contributed by atoms with Gasteiger partial charge in [0.15, 0.2) is 0 Å². The van der Waals surface area contributed by atoms with Crippen molar-refractivity contribution in [2.45, 2.75) is 13.8 Å². The molecule has 4 rings (SSSR count). The fourth-order valence-corrected chi connectivity index (χ4v) is 4.06. The van der Waals surface area contributed by atoms with Crippen molar-refractivity contribution in [3.8, 4) is 11.5 Å². The standard InChI is InChI=1S/C20H16N2O11S2/c1-3-34(27,28)32-21-17(23)13-7-5-11(9-15(13)19(21)25)31-12-6-8-14-16(10-12)20(26)22(18(14)24)33-35(29,30)4-2/h5-10H,3-4H2,1-2H3. The first-order chi connectivity index (χ1) is 16.4. The summed E-state index contributed by atoms with van der Waals surface area (Å²) in [6, 6.07) is 7.48. The van der Waals surface area contributed by atoms with Gasteiger partial charge in [0.1, 0.15) is 11.5 Å². The van der Waals surface area contributed by atoms with Gasteiger partial charge in [-0.05, 0) is 50.2 Å². The van der Waals surface area contributed by atoms with Crippen molar-refractivity contribution in [1.82, 2.24) is 10.1 Å². The average molecular weight is 524 g/mol. The van der Waals surface area contributed by atoms with Crippen LogP contribution in [0.1, 0.15) is 55.3 Å². The first kappa shape index (κ1) is 24.5. The van der Waals surface area contributed by atoms with Crippen LogP contribution in [-0.2, 0) is 28.8 Å². The smallest absolute Gasteiger partial charge is 0.288 e. The molecule has 2 heterocycles. The molecule has 184 valence electrons. The van der Waals surface area contributed by atoms with Crippen LogP contribution in [0.4, 0.5) is 0 Å². The molecule has 0 N–H and O–H groups in total. The van der Waals surface area contributed by atoms with Gasteiger partial charge in [-0.3, -0.25) is 19.2 Å². The minimum absolute atomic E-state index is 0.0449. The number of imide groups is 2. The molecule has 4 amide bonds. The summed E-state index contributed by atoms with van der Waals surface area (Å²) < 4.78 is 61.5. The number of hydrogen-bond acceptors (Lipinski definition) is 11. The first-order valence-electron chi connectivity index (χ1n) is 9.95. The zero-order chi connectivity index (χ0) is 25.7. The number of ether oxygens (including phenoxy) is 1. The third kappa shape index (κ3) is 4.41. The zero-order valence-corrected chi connectivity index (χ0v) is 19.7. The molecule has 0 aromatic heterocycles. The molecule has 0 saturated carbocycles. The van der Waals surface area contributed by atoms with E-state index < -0.39 is 55.4 Å². The molecule has 35 heavy (non-hydrogen) atoms. The van der Waals surface area contributed by atoms with Gasteiger partial charge in [-0.25, -0.2) is 0 Å². The maximum atomic E-state index is 12.5. The van der Waals surface area contributed by atoms with Crippen LogP contribution < -0.4 is 4.74 Å². The number of amides is 4. The number of nitrogens with zero attached hydrogens (tertiary/aromatic N) is 2. The van der Waals surface area contributed by atoms with E-state index >= 15 is 0 Å². The van der Waals surface area contributed by atoms with Crippen molar-refractivity contribution < 1.29 is 49.3 Å². The maximum absolute atomic E-state index is 12.5. The summed E-state index contributed by atoms with van der Waals surface area (Å²) in [7, 11) is -8.27. The fraction of sp³-hybridized carbons (Fsp3) is 0.200. The van der Waals surface area contributed by atoms with Gasteiger partial charge in [0.2, 0.25) is 0 Å². The lowest BCUT2D eigenvalue weighted by atomic mass is 10.1. The number of fused-ring (bicyclic) bond motifs is 2. The van der Waals surface area contributed by atoms with Gasteiger partial charge in [0.05, 0.1) is 33.8 Å². The van der Waals surface area contributed by atoms with E-state index in [1.54, 1.807) is 0 Å².